The first-order valence-electron chi connectivity index (χ1n) is 3.53. The Morgan fingerprint density at radius 2 is 1.91 bits per heavy atom. The molecule has 0 aromatic heterocycles. The molecule has 0 aromatic carbocycles. The number of hydrogen-bond donors (Lipinski definition) is 2. The van der Waals surface area contributed by atoms with Gasteiger partial charge in [0.05, 0.1) is 6.61 Å². The summed E-state index contributed by atoms with van der Waals surface area (Å²) in [6.07, 6.45) is 0. The molecule has 0 aliphatic carbocycles. The summed E-state index contributed by atoms with van der Waals surface area (Å²) in [6.45, 7) is 6.81. The fourth-order valence-electron chi connectivity index (χ4n) is 0.841. The first-order valence-corrected chi connectivity index (χ1v) is 3.53. The van der Waals surface area contributed by atoms with E-state index in [1.165, 1.54) is 0 Å². The van der Waals surface area contributed by atoms with Crippen LogP contribution in [-0.2, 0) is 4.74 Å². The molecule has 1 unspecified atom stereocenters. The van der Waals surface area contributed by atoms with Crippen molar-refractivity contribution in [1.29, 1.82) is 0 Å². The maximum absolute atomic E-state index is 9.32. The van der Waals surface area contributed by atoms with E-state index in [0.717, 1.165) is 0 Å². The molecule has 1 rings (SSSR count). The smallest absolute Gasteiger partial charge is 0.175 e. The van der Waals surface area contributed by atoms with Crippen LogP contribution in [0.4, 0.5) is 0 Å². The normalized spacial score (nSPS) is 36.0. The van der Waals surface area contributed by atoms with Crippen molar-refractivity contribution < 1.29 is 9.84 Å². The van der Waals surface area contributed by atoms with Crippen LogP contribution in [-0.4, -0.2) is 29.6 Å². The molecule has 0 radical (unpaired) electrons. The van der Waals surface area contributed by atoms with E-state index in [4.69, 9.17) is 4.74 Å². The van der Waals surface area contributed by atoms with Gasteiger partial charge in [0.1, 0.15) is 0 Å². The molecule has 1 aliphatic heterocycles. The first kappa shape index (κ1) is 11.2. The van der Waals surface area contributed by atoms with Crippen LogP contribution in [0, 0.1) is 0 Å². The van der Waals surface area contributed by atoms with E-state index in [0.29, 0.717) is 13.2 Å². The quantitative estimate of drug-likeness (QED) is 0.573. The van der Waals surface area contributed by atoms with Crippen molar-refractivity contribution in [2.24, 2.45) is 0 Å². The topological polar surface area (TPSA) is 41.5 Å². The zero-order chi connectivity index (χ0) is 7.83. The highest BCUT2D eigenvalue weighted by Crippen LogP contribution is 2.16. The SMILES string of the molecule is CC1(C)COC(C)(O)CN1.Cl. The highest BCUT2D eigenvalue weighted by atomic mass is 35.5. The van der Waals surface area contributed by atoms with Crippen molar-refractivity contribution in [2.75, 3.05) is 13.2 Å². The van der Waals surface area contributed by atoms with Crippen LogP contribution < -0.4 is 5.32 Å². The van der Waals surface area contributed by atoms with E-state index in [-0.39, 0.29) is 17.9 Å². The summed E-state index contributed by atoms with van der Waals surface area (Å²) in [5.41, 5.74) is 0.00222. The Bertz CT molecular complexity index is 108. The molecule has 1 atom stereocenters. The van der Waals surface area contributed by atoms with Gasteiger partial charge in [0.25, 0.3) is 0 Å². The van der Waals surface area contributed by atoms with Gasteiger partial charge in [0.2, 0.25) is 0 Å². The predicted molar refractivity (Wildman–Crippen MR) is 45.9 cm³/mol. The molecule has 0 spiro atoms. The summed E-state index contributed by atoms with van der Waals surface area (Å²) < 4.78 is 5.17. The van der Waals surface area contributed by atoms with Crippen LogP contribution in [0.25, 0.3) is 0 Å². The fraction of sp³-hybridized carbons (Fsp3) is 1.00. The summed E-state index contributed by atoms with van der Waals surface area (Å²) in [5.74, 6) is -0.977. The second-order valence-electron chi connectivity index (χ2n) is 3.70. The van der Waals surface area contributed by atoms with Crippen LogP contribution in [0.1, 0.15) is 20.8 Å². The molecule has 1 heterocycles. The van der Waals surface area contributed by atoms with Crippen molar-refractivity contribution >= 4 is 12.4 Å². The second-order valence-corrected chi connectivity index (χ2v) is 3.70. The molecular weight excluding hydrogens is 166 g/mol. The number of morpholine rings is 1. The van der Waals surface area contributed by atoms with E-state index in [9.17, 15) is 5.11 Å². The molecule has 11 heavy (non-hydrogen) atoms. The van der Waals surface area contributed by atoms with Gasteiger partial charge in [-0.3, -0.25) is 0 Å². The minimum Gasteiger partial charge on any atom is -0.365 e. The van der Waals surface area contributed by atoms with Crippen LogP contribution in [0.2, 0.25) is 0 Å². The lowest BCUT2D eigenvalue weighted by molar-refractivity contribution is -0.219. The molecule has 2 N–H and O–H groups in total. The van der Waals surface area contributed by atoms with E-state index < -0.39 is 5.79 Å². The fourth-order valence-corrected chi connectivity index (χ4v) is 0.841. The van der Waals surface area contributed by atoms with E-state index in [1.807, 2.05) is 13.8 Å². The predicted octanol–water partition coefficient (Wildman–Crippen LogP) is 0.515. The molecule has 3 nitrogen and oxygen atoms in total. The van der Waals surface area contributed by atoms with Crippen molar-refractivity contribution in [3.05, 3.63) is 0 Å². The Hall–Kier alpha value is 0.170. The molecule has 0 amide bonds. The third kappa shape index (κ3) is 3.38. The summed E-state index contributed by atoms with van der Waals surface area (Å²) in [6, 6.07) is 0. The van der Waals surface area contributed by atoms with Gasteiger partial charge in [0, 0.05) is 12.1 Å². The van der Waals surface area contributed by atoms with Gasteiger partial charge in [-0.1, -0.05) is 0 Å². The van der Waals surface area contributed by atoms with Gasteiger partial charge in [0.15, 0.2) is 5.79 Å². The van der Waals surface area contributed by atoms with Crippen LogP contribution in [0.15, 0.2) is 0 Å². The molecule has 4 heteroatoms. The molecule has 1 fully saturated rings. The number of hydrogen-bond acceptors (Lipinski definition) is 3. The Balaban J connectivity index is 0.000001000. The van der Waals surface area contributed by atoms with E-state index >= 15 is 0 Å². The number of β-amino-alcohol motifs (C(OH)–C–C–N with tert-alkyl or cyclic N) is 1. The molecular formula is C7H16ClNO2. The van der Waals surface area contributed by atoms with Gasteiger partial charge >= 0.3 is 0 Å². The number of rotatable bonds is 0. The van der Waals surface area contributed by atoms with Crippen LogP contribution in [0.5, 0.6) is 0 Å². The zero-order valence-electron chi connectivity index (χ0n) is 7.18. The Morgan fingerprint density at radius 1 is 1.36 bits per heavy atom. The first-order chi connectivity index (χ1) is 4.41. The molecule has 0 saturated carbocycles. The zero-order valence-corrected chi connectivity index (χ0v) is 7.99. The highest BCUT2D eigenvalue weighted by molar-refractivity contribution is 5.85. The molecule has 68 valence electrons. The van der Waals surface area contributed by atoms with E-state index in [1.54, 1.807) is 6.92 Å². The molecule has 1 aliphatic rings. The van der Waals surface area contributed by atoms with Gasteiger partial charge in [-0.15, -0.1) is 12.4 Å². The van der Waals surface area contributed by atoms with Crippen LogP contribution >= 0.6 is 12.4 Å². The number of aliphatic hydroxyl groups is 1. The Labute approximate surface area is 73.5 Å². The van der Waals surface area contributed by atoms with Crippen molar-refractivity contribution in [1.82, 2.24) is 5.32 Å². The lowest BCUT2D eigenvalue weighted by atomic mass is 10.0. The second kappa shape index (κ2) is 3.27. The standard InChI is InChI=1S/C7H15NO2.ClH/c1-6(2)5-10-7(3,9)4-8-6;/h8-9H,4-5H2,1-3H3;1H. The molecule has 1 saturated heterocycles. The number of nitrogens with one attached hydrogen (secondary N) is 1. The minimum atomic E-state index is -0.977. The monoisotopic (exact) mass is 181 g/mol. The summed E-state index contributed by atoms with van der Waals surface area (Å²) in [5, 5.41) is 12.5. The Morgan fingerprint density at radius 3 is 2.18 bits per heavy atom. The van der Waals surface area contributed by atoms with Gasteiger partial charge in [-0.2, -0.15) is 0 Å². The van der Waals surface area contributed by atoms with Crippen molar-refractivity contribution in [3.63, 3.8) is 0 Å². The van der Waals surface area contributed by atoms with E-state index in [2.05, 4.69) is 5.32 Å². The lowest BCUT2D eigenvalue weighted by Gasteiger charge is -2.39. The highest BCUT2D eigenvalue weighted by Gasteiger charge is 2.32. The lowest BCUT2D eigenvalue weighted by Crippen LogP contribution is -2.58. The maximum atomic E-state index is 9.32. The summed E-state index contributed by atoms with van der Waals surface area (Å²) in [7, 11) is 0. The average Bonchev–Trinajstić information content (AvgIpc) is 1.79. The van der Waals surface area contributed by atoms with Crippen molar-refractivity contribution in [2.45, 2.75) is 32.1 Å². The minimum absolute atomic E-state index is 0. The van der Waals surface area contributed by atoms with Crippen LogP contribution in [0.3, 0.4) is 0 Å². The Kier molecular flexibility index (Phi) is 3.32. The third-order valence-electron chi connectivity index (χ3n) is 1.64. The number of ether oxygens (including phenoxy) is 1. The van der Waals surface area contributed by atoms with Crippen molar-refractivity contribution in [3.8, 4) is 0 Å². The number of halogens is 1. The largest absolute Gasteiger partial charge is 0.365 e. The van der Waals surface area contributed by atoms with Gasteiger partial charge in [-0.25, -0.2) is 0 Å². The maximum Gasteiger partial charge on any atom is 0.175 e. The summed E-state index contributed by atoms with van der Waals surface area (Å²) >= 11 is 0. The van der Waals surface area contributed by atoms with Gasteiger partial charge < -0.3 is 15.2 Å². The third-order valence-corrected chi connectivity index (χ3v) is 1.64. The van der Waals surface area contributed by atoms with Gasteiger partial charge in [-0.05, 0) is 20.8 Å². The molecule has 0 bridgehead atoms. The average molecular weight is 182 g/mol. The molecule has 0 aromatic rings. The summed E-state index contributed by atoms with van der Waals surface area (Å²) in [4.78, 5) is 0.